The van der Waals surface area contributed by atoms with Gasteiger partial charge in [-0.25, -0.2) is 9.97 Å². The highest BCUT2D eigenvalue weighted by atomic mass is 15.0. The number of nitrogens with zero attached hydrogens (tertiary/aromatic N) is 4. The lowest BCUT2D eigenvalue weighted by molar-refractivity contribution is 0.338. The fraction of sp³-hybridized carbons (Fsp3) is 0.533. The van der Waals surface area contributed by atoms with Crippen LogP contribution >= 0.6 is 0 Å². The Morgan fingerprint density at radius 2 is 2.16 bits per heavy atom. The van der Waals surface area contributed by atoms with Gasteiger partial charge in [-0.15, -0.1) is 0 Å². The molecule has 0 aromatic carbocycles. The molecular weight excluding hydrogens is 236 g/mol. The SMILES string of the molecule is N#Cc1cn2ccnc2c(CCC2CCCCC2)n1. The van der Waals surface area contributed by atoms with Gasteiger partial charge in [-0.2, -0.15) is 5.26 Å². The normalized spacial score (nSPS) is 16.6. The molecule has 0 amide bonds. The van der Waals surface area contributed by atoms with Gasteiger partial charge in [-0.1, -0.05) is 32.1 Å². The summed E-state index contributed by atoms with van der Waals surface area (Å²) in [6.45, 7) is 0. The van der Waals surface area contributed by atoms with E-state index in [9.17, 15) is 0 Å². The van der Waals surface area contributed by atoms with Crippen molar-refractivity contribution in [3.05, 3.63) is 30.0 Å². The molecular formula is C15H18N4. The first kappa shape index (κ1) is 12.2. The maximum atomic E-state index is 9.03. The van der Waals surface area contributed by atoms with Crippen LogP contribution in [0, 0.1) is 17.2 Å². The highest BCUT2D eigenvalue weighted by Gasteiger charge is 2.15. The second-order valence-corrected chi connectivity index (χ2v) is 5.39. The van der Waals surface area contributed by atoms with E-state index < -0.39 is 0 Å². The van der Waals surface area contributed by atoms with Gasteiger partial charge in [-0.05, 0) is 18.8 Å². The Balaban J connectivity index is 1.79. The predicted octanol–water partition coefficient (Wildman–Crippen LogP) is 3.11. The zero-order chi connectivity index (χ0) is 13.1. The summed E-state index contributed by atoms with van der Waals surface area (Å²) in [5, 5.41) is 9.03. The number of nitriles is 1. The summed E-state index contributed by atoms with van der Waals surface area (Å²) >= 11 is 0. The van der Waals surface area contributed by atoms with E-state index in [4.69, 9.17) is 5.26 Å². The summed E-state index contributed by atoms with van der Waals surface area (Å²) in [7, 11) is 0. The Morgan fingerprint density at radius 1 is 1.32 bits per heavy atom. The molecule has 1 saturated carbocycles. The monoisotopic (exact) mass is 254 g/mol. The summed E-state index contributed by atoms with van der Waals surface area (Å²) < 4.78 is 1.90. The Kier molecular flexibility index (Phi) is 3.45. The maximum absolute atomic E-state index is 9.03. The number of fused-ring (bicyclic) bond motifs is 1. The van der Waals surface area contributed by atoms with Gasteiger partial charge in [0, 0.05) is 18.6 Å². The summed E-state index contributed by atoms with van der Waals surface area (Å²) in [4.78, 5) is 8.78. The molecule has 4 heteroatoms. The first-order valence-corrected chi connectivity index (χ1v) is 7.09. The molecule has 2 heterocycles. The van der Waals surface area contributed by atoms with Crippen LogP contribution in [0.15, 0.2) is 18.6 Å². The Hall–Kier alpha value is -1.89. The topological polar surface area (TPSA) is 54.0 Å². The summed E-state index contributed by atoms with van der Waals surface area (Å²) in [5.41, 5.74) is 2.34. The third-order valence-corrected chi connectivity index (χ3v) is 4.07. The highest BCUT2D eigenvalue weighted by molar-refractivity contribution is 5.45. The number of hydrogen-bond acceptors (Lipinski definition) is 3. The molecule has 19 heavy (non-hydrogen) atoms. The van der Waals surface area contributed by atoms with Crippen LogP contribution in [0.3, 0.4) is 0 Å². The Morgan fingerprint density at radius 3 is 2.95 bits per heavy atom. The van der Waals surface area contributed by atoms with Gasteiger partial charge < -0.3 is 4.40 Å². The molecule has 1 fully saturated rings. The third-order valence-electron chi connectivity index (χ3n) is 4.07. The van der Waals surface area contributed by atoms with Gasteiger partial charge in [0.15, 0.2) is 11.3 Å². The predicted molar refractivity (Wildman–Crippen MR) is 72.6 cm³/mol. The molecule has 1 aliphatic carbocycles. The molecule has 3 rings (SSSR count). The second-order valence-electron chi connectivity index (χ2n) is 5.39. The van der Waals surface area contributed by atoms with Crippen LogP contribution in [-0.2, 0) is 6.42 Å². The quantitative estimate of drug-likeness (QED) is 0.845. The van der Waals surface area contributed by atoms with Crippen LogP contribution in [0.1, 0.15) is 49.9 Å². The minimum atomic E-state index is 0.476. The average molecular weight is 254 g/mol. The lowest BCUT2D eigenvalue weighted by Gasteiger charge is -2.21. The highest BCUT2D eigenvalue weighted by Crippen LogP contribution is 2.27. The van der Waals surface area contributed by atoms with Crippen molar-refractivity contribution in [3.63, 3.8) is 0 Å². The minimum absolute atomic E-state index is 0.476. The first-order valence-electron chi connectivity index (χ1n) is 7.09. The molecule has 0 bridgehead atoms. The molecule has 2 aromatic rings. The molecule has 98 valence electrons. The van der Waals surface area contributed by atoms with Crippen LogP contribution < -0.4 is 0 Å². The molecule has 0 radical (unpaired) electrons. The number of hydrogen-bond donors (Lipinski definition) is 0. The van der Waals surface area contributed by atoms with E-state index in [0.717, 1.165) is 23.7 Å². The first-order chi connectivity index (χ1) is 9.36. The van der Waals surface area contributed by atoms with E-state index in [1.54, 1.807) is 12.4 Å². The van der Waals surface area contributed by atoms with Crippen molar-refractivity contribution in [2.45, 2.75) is 44.9 Å². The van der Waals surface area contributed by atoms with Crippen molar-refractivity contribution >= 4 is 5.65 Å². The van der Waals surface area contributed by atoms with Crippen LogP contribution in [0.4, 0.5) is 0 Å². The number of rotatable bonds is 3. The van der Waals surface area contributed by atoms with Crippen LogP contribution in [0.2, 0.25) is 0 Å². The van der Waals surface area contributed by atoms with E-state index in [1.165, 1.54) is 38.5 Å². The molecule has 0 saturated heterocycles. The van der Waals surface area contributed by atoms with Gasteiger partial charge in [0.1, 0.15) is 6.07 Å². The lowest BCUT2D eigenvalue weighted by Crippen LogP contribution is -2.09. The van der Waals surface area contributed by atoms with Gasteiger partial charge in [0.05, 0.1) is 5.69 Å². The van der Waals surface area contributed by atoms with Gasteiger partial charge >= 0.3 is 0 Å². The standard InChI is InChI=1S/C15H18N4/c16-10-13-11-19-9-8-17-15(19)14(18-13)7-6-12-4-2-1-3-5-12/h8-9,11-12H,1-7H2. The largest absolute Gasteiger partial charge is 0.303 e. The minimum Gasteiger partial charge on any atom is -0.303 e. The Bertz CT molecular complexity index is 602. The van der Waals surface area contributed by atoms with E-state index in [1.807, 2.05) is 10.6 Å². The summed E-state index contributed by atoms with van der Waals surface area (Å²) in [6, 6.07) is 2.13. The lowest BCUT2D eigenvalue weighted by atomic mass is 9.86. The van der Waals surface area contributed by atoms with Crippen LogP contribution in [0.25, 0.3) is 5.65 Å². The maximum Gasteiger partial charge on any atom is 0.158 e. The van der Waals surface area contributed by atoms with Crippen LogP contribution in [0.5, 0.6) is 0 Å². The molecule has 0 aliphatic heterocycles. The van der Waals surface area contributed by atoms with Crippen molar-refractivity contribution in [2.24, 2.45) is 5.92 Å². The smallest absolute Gasteiger partial charge is 0.158 e. The molecule has 0 N–H and O–H groups in total. The van der Waals surface area contributed by atoms with Gasteiger partial charge in [0.2, 0.25) is 0 Å². The van der Waals surface area contributed by atoms with Gasteiger partial charge in [-0.3, -0.25) is 0 Å². The third kappa shape index (κ3) is 2.60. The fourth-order valence-corrected chi connectivity index (χ4v) is 3.03. The summed E-state index contributed by atoms with van der Waals surface area (Å²) in [5.74, 6) is 0.830. The van der Waals surface area contributed by atoms with Crippen molar-refractivity contribution in [1.82, 2.24) is 14.4 Å². The zero-order valence-corrected chi connectivity index (χ0v) is 11.0. The molecule has 2 aromatic heterocycles. The summed E-state index contributed by atoms with van der Waals surface area (Å²) in [6.07, 6.45) is 14.3. The molecule has 0 atom stereocenters. The van der Waals surface area contributed by atoms with Gasteiger partial charge in [0.25, 0.3) is 0 Å². The van der Waals surface area contributed by atoms with E-state index in [0.29, 0.717) is 5.69 Å². The van der Waals surface area contributed by atoms with Crippen molar-refractivity contribution in [2.75, 3.05) is 0 Å². The second kappa shape index (κ2) is 5.40. The number of aryl methyl sites for hydroxylation is 1. The van der Waals surface area contributed by atoms with E-state index >= 15 is 0 Å². The van der Waals surface area contributed by atoms with Crippen LogP contribution in [-0.4, -0.2) is 14.4 Å². The van der Waals surface area contributed by atoms with Crippen molar-refractivity contribution in [1.29, 1.82) is 5.26 Å². The fourth-order valence-electron chi connectivity index (χ4n) is 3.03. The molecule has 4 nitrogen and oxygen atoms in total. The average Bonchev–Trinajstić information content (AvgIpc) is 2.94. The molecule has 1 aliphatic rings. The molecule has 0 unspecified atom stereocenters. The number of imidazole rings is 1. The number of aromatic nitrogens is 3. The van der Waals surface area contributed by atoms with E-state index in [2.05, 4.69) is 16.0 Å². The van der Waals surface area contributed by atoms with Crippen molar-refractivity contribution in [3.8, 4) is 6.07 Å². The van der Waals surface area contributed by atoms with E-state index in [-0.39, 0.29) is 0 Å². The Labute approximate surface area is 113 Å². The molecule has 0 spiro atoms. The zero-order valence-electron chi connectivity index (χ0n) is 11.0. The van der Waals surface area contributed by atoms with Crippen molar-refractivity contribution < 1.29 is 0 Å².